The number of carbonyl (C=O) groups excluding carboxylic acids is 3. The van der Waals surface area contributed by atoms with Crippen molar-refractivity contribution in [3.8, 4) is 0 Å². The highest BCUT2D eigenvalue weighted by molar-refractivity contribution is 6.28. The molecule has 0 aliphatic heterocycles. The van der Waals surface area contributed by atoms with Gasteiger partial charge in [-0.1, -0.05) is 49.6 Å². The molecule has 0 spiro atoms. The van der Waals surface area contributed by atoms with Crippen molar-refractivity contribution in [2.24, 2.45) is 5.92 Å². The fourth-order valence-corrected chi connectivity index (χ4v) is 4.09. The van der Waals surface area contributed by atoms with E-state index in [4.69, 9.17) is 4.74 Å². The molecule has 4 rings (SSSR count). The predicted molar refractivity (Wildman–Crippen MR) is 101 cm³/mol. The summed E-state index contributed by atoms with van der Waals surface area (Å²) in [5.41, 5.74) is 2.41. The van der Waals surface area contributed by atoms with Crippen LogP contribution in [0.5, 0.6) is 0 Å². The van der Waals surface area contributed by atoms with E-state index in [1.165, 1.54) is 19.3 Å². The zero-order chi connectivity index (χ0) is 18.8. The summed E-state index contributed by atoms with van der Waals surface area (Å²) in [6.07, 6.45) is 6.32. The highest BCUT2D eigenvalue weighted by Gasteiger charge is 2.29. The number of hydrogen-bond donors (Lipinski definition) is 0. The summed E-state index contributed by atoms with van der Waals surface area (Å²) in [5, 5.41) is 0. The minimum Gasteiger partial charge on any atom is -0.461 e. The lowest BCUT2D eigenvalue weighted by molar-refractivity contribution is -0.146. The van der Waals surface area contributed by atoms with Crippen molar-refractivity contribution >= 4 is 17.5 Å². The molecule has 4 heteroatoms. The van der Waals surface area contributed by atoms with Crippen LogP contribution in [0.15, 0.2) is 42.5 Å². The van der Waals surface area contributed by atoms with Gasteiger partial charge in [0.25, 0.3) is 0 Å². The molecule has 0 aromatic heterocycles. The van der Waals surface area contributed by atoms with Crippen LogP contribution >= 0.6 is 0 Å². The van der Waals surface area contributed by atoms with Crippen molar-refractivity contribution in [2.75, 3.05) is 0 Å². The molecular formula is C23H22O4. The van der Waals surface area contributed by atoms with Gasteiger partial charge in [-0.25, -0.2) is 0 Å². The van der Waals surface area contributed by atoms with E-state index in [2.05, 4.69) is 0 Å². The summed E-state index contributed by atoms with van der Waals surface area (Å²) in [6, 6.07) is 12.0. The lowest BCUT2D eigenvalue weighted by atomic mass is 9.83. The second-order valence-corrected chi connectivity index (χ2v) is 7.45. The number of ether oxygens (including phenoxy) is 1. The Balaban J connectivity index is 1.46. The van der Waals surface area contributed by atoms with Gasteiger partial charge < -0.3 is 4.74 Å². The Morgan fingerprint density at radius 1 is 0.852 bits per heavy atom. The molecule has 0 amide bonds. The largest absolute Gasteiger partial charge is 0.461 e. The van der Waals surface area contributed by atoms with E-state index in [0.717, 1.165) is 18.4 Å². The first-order valence-electron chi connectivity index (χ1n) is 9.60. The van der Waals surface area contributed by atoms with Crippen LogP contribution in [-0.2, 0) is 16.1 Å². The molecule has 1 fully saturated rings. The van der Waals surface area contributed by atoms with Gasteiger partial charge in [-0.15, -0.1) is 0 Å². The Morgan fingerprint density at radius 3 is 2.19 bits per heavy atom. The molecule has 2 aliphatic rings. The topological polar surface area (TPSA) is 60.4 Å². The average Bonchev–Trinajstić information content (AvgIpc) is 2.71. The van der Waals surface area contributed by atoms with Crippen molar-refractivity contribution in [1.29, 1.82) is 0 Å². The smallest absolute Gasteiger partial charge is 0.306 e. The fraction of sp³-hybridized carbons (Fsp3) is 0.348. The van der Waals surface area contributed by atoms with E-state index < -0.39 is 0 Å². The molecule has 2 aromatic carbocycles. The van der Waals surface area contributed by atoms with Crippen molar-refractivity contribution in [3.05, 3.63) is 70.3 Å². The van der Waals surface area contributed by atoms with Crippen LogP contribution < -0.4 is 0 Å². The number of fused-ring (bicyclic) bond motifs is 2. The van der Waals surface area contributed by atoms with E-state index >= 15 is 0 Å². The first-order valence-corrected chi connectivity index (χ1v) is 9.60. The lowest BCUT2D eigenvalue weighted by Crippen LogP contribution is -2.21. The van der Waals surface area contributed by atoms with Crippen LogP contribution in [0.25, 0.3) is 0 Å². The maximum atomic E-state index is 12.7. The summed E-state index contributed by atoms with van der Waals surface area (Å²) < 4.78 is 5.42. The fourth-order valence-electron chi connectivity index (χ4n) is 4.09. The van der Waals surface area contributed by atoms with E-state index in [0.29, 0.717) is 34.6 Å². The predicted octanol–water partition coefficient (Wildman–Crippen LogP) is 4.48. The Hall–Kier alpha value is -2.75. The Kier molecular flexibility index (Phi) is 4.88. The van der Waals surface area contributed by atoms with Gasteiger partial charge in [-0.3, -0.25) is 14.4 Å². The van der Waals surface area contributed by atoms with Crippen LogP contribution in [0.3, 0.4) is 0 Å². The average molecular weight is 362 g/mol. The highest BCUT2D eigenvalue weighted by Crippen LogP contribution is 2.29. The monoisotopic (exact) mass is 362 g/mol. The van der Waals surface area contributed by atoms with E-state index in [9.17, 15) is 14.4 Å². The summed E-state index contributed by atoms with van der Waals surface area (Å²) in [7, 11) is 0. The van der Waals surface area contributed by atoms with Crippen LogP contribution in [-0.4, -0.2) is 17.5 Å². The second-order valence-electron chi connectivity index (χ2n) is 7.45. The summed E-state index contributed by atoms with van der Waals surface area (Å²) in [4.78, 5) is 37.5. The molecule has 138 valence electrons. The van der Waals surface area contributed by atoms with Gasteiger partial charge in [-0.2, -0.15) is 0 Å². The summed E-state index contributed by atoms with van der Waals surface area (Å²) in [6.45, 7) is 0.127. The van der Waals surface area contributed by atoms with Crippen LogP contribution in [0.1, 0.15) is 75.9 Å². The SMILES string of the molecule is O=C(CC1CCCCC1)OCc1ccc2c(c1)C(=O)c1ccccc1C2=O. The number of benzene rings is 2. The standard InChI is InChI=1S/C23H22O4/c24-21(13-15-6-2-1-3-7-15)27-14-16-10-11-19-20(12-16)23(26)18-9-5-4-8-17(18)22(19)25/h4-5,8-12,15H,1-3,6-7,13-14H2. The summed E-state index contributed by atoms with van der Waals surface area (Å²) >= 11 is 0. The van der Waals surface area contributed by atoms with Crippen LogP contribution in [0.4, 0.5) is 0 Å². The molecule has 2 aromatic rings. The Morgan fingerprint density at radius 2 is 1.48 bits per heavy atom. The molecule has 0 bridgehead atoms. The summed E-state index contributed by atoms with van der Waals surface area (Å²) in [5.74, 6) is -0.0468. The highest BCUT2D eigenvalue weighted by atomic mass is 16.5. The van der Waals surface area contributed by atoms with Crippen molar-refractivity contribution in [2.45, 2.75) is 45.1 Å². The molecule has 0 unspecified atom stereocenters. The molecule has 0 radical (unpaired) electrons. The van der Waals surface area contributed by atoms with Gasteiger partial charge in [0.2, 0.25) is 0 Å². The first-order chi connectivity index (χ1) is 13.1. The molecule has 4 nitrogen and oxygen atoms in total. The minimum atomic E-state index is -0.188. The van der Waals surface area contributed by atoms with Crippen molar-refractivity contribution in [3.63, 3.8) is 0 Å². The van der Waals surface area contributed by atoms with E-state index in [-0.39, 0.29) is 24.1 Å². The molecule has 0 heterocycles. The number of ketones is 2. The van der Waals surface area contributed by atoms with Crippen LogP contribution in [0.2, 0.25) is 0 Å². The van der Waals surface area contributed by atoms with E-state index in [1.807, 2.05) is 0 Å². The minimum absolute atomic E-state index is 0.127. The van der Waals surface area contributed by atoms with E-state index in [1.54, 1.807) is 42.5 Å². The molecular weight excluding hydrogens is 340 g/mol. The molecule has 1 saturated carbocycles. The van der Waals surface area contributed by atoms with Gasteiger partial charge in [0.1, 0.15) is 6.61 Å². The Labute approximate surface area is 158 Å². The van der Waals surface area contributed by atoms with Crippen LogP contribution in [0, 0.1) is 5.92 Å². The third-order valence-corrected chi connectivity index (χ3v) is 5.57. The first kappa shape index (κ1) is 17.7. The van der Waals surface area contributed by atoms with Crippen molar-refractivity contribution < 1.29 is 19.1 Å². The normalized spacial score (nSPS) is 16.6. The quantitative estimate of drug-likeness (QED) is 0.642. The van der Waals surface area contributed by atoms with Gasteiger partial charge in [-0.05, 0) is 36.5 Å². The third-order valence-electron chi connectivity index (χ3n) is 5.57. The maximum absolute atomic E-state index is 12.7. The molecule has 2 aliphatic carbocycles. The number of esters is 1. The number of carbonyl (C=O) groups is 3. The van der Waals surface area contributed by atoms with Crippen molar-refractivity contribution in [1.82, 2.24) is 0 Å². The zero-order valence-electron chi connectivity index (χ0n) is 15.2. The Bertz CT molecular complexity index is 906. The second kappa shape index (κ2) is 7.47. The number of rotatable bonds is 4. The van der Waals surface area contributed by atoms with Gasteiger partial charge in [0.05, 0.1) is 0 Å². The molecule has 0 N–H and O–H groups in total. The molecule has 0 saturated heterocycles. The molecule has 27 heavy (non-hydrogen) atoms. The maximum Gasteiger partial charge on any atom is 0.306 e. The van der Waals surface area contributed by atoms with Gasteiger partial charge in [0, 0.05) is 28.7 Å². The zero-order valence-corrected chi connectivity index (χ0v) is 15.2. The van der Waals surface area contributed by atoms with Gasteiger partial charge in [0.15, 0.2) is 11.6 Å². The number of hydrogen-bond acceptors (Lipinski definition) is 4. The molecule has 0 atom stereocenters. The third kappa shape index (κ3) is 3.57. The van der Waals surface area contributed by atoms with Gasteiger partial charge >= 0.3 is 5.97 Å². The lowest BCUT2D eigenvalue weighted by Gasteiger charge is -2.20.